The van der Waals surface area contributed by atoms with E-state index in [2.05, 4.69) is 15.6 Å². The first-order valence-electron chi connectivity index (χ1n) is 8.49. The van der Waals surface area contributed by atoms with Gasteiger partial charge >= 0.3 is 0 Å². The summed E-state index contributed by atoms with van der Waals surface area (Å²) in [5, 5.41) is 5.66. The molecular formula is C20H25N3O3. The molecule has 2 rings (SSSR count). The Hall–Kier alpha value is -2.89. The van der Waals surface area contributed by atoms with Gasteiger partial charge < -0.3 is 15.4 Å². The minimum absolute atomic E-state index is 0.223. The highest BCUT2D eigenvalue weighted by molar-refractivity contribution is 5.96. The molecule has 0 fully saturated rings. The van der Waals surface area contributed by atoms with E-state index in [9.17, 15) is 9.59 Å². The molecule has 1 heterocycles. The highest BCUT2D eigenvalue weighted by Crippen LogP contribution is 2.11. The van der Waals surface area contributed by atoms with Crippen molar-refractivity contribution >= 4 is 11.8 Å². The maximum absolute atomic E-state index is 12.3. The number of aromatic nitrogens is 1. The first-order valence-corrected chi connectivity index (χ1v) is 8.49. The van der Waals surface area contributed by atoms with E-state index in [1.807, 2.05) is 45.0 Å². The van der Waals surface area contributed by atoms with Gasteiger partial charge in [-0.25, -0.2) is 4.98 Å². The molecule has 0 bridgehead atoms. The van der Waals surface area contributed by atoms with E-state index >= 15 is 0 Å². The zero-order valence-electron chi connectivity index (χ0n) is 15.6. The van der Waals surface area contributed by atoms with Crippen molar-refractivity contribution in [2.75, 3.05) is 13.7 Å². The molecule has 6 heteroatoms. The van der Waals surface area contributed by atoms with E-state index in [0.717, 1.165) is 11.3 Å². The normalized spacial score (nSPS) is 10.9. The molecule has 1 aromatic carbocycles. The average molecular weight is 355 g/mol. The third-order valence-corrected chi connectivity index (χ3v) is 3.56. The zero-order chi connectivity index (χ0) is 19.2. The first kappa shape index (κ1) is 19.4. The highest BCUT2D eigenvalue weighted by Gasteiger charge is 2.17. The second-order valence-corrected chi connectivity index (χ2v) is 6.97. The predicted molar refractivity (Wildman–Crippen MR) is 100 cm³/mol. The largest absolute Gasteiger partial charge is 0.497 e. The summed E-state index contributed by atoms with van der Waals surface area (Å²) in [6.45, 7) is 6.15. The number of benzene rings is 1. The lowest BCUT2D eigenvalue weighted by Crippen LogP contribution is -2.41. The Labute approximate surface area is 154 Å². The van der Waals surface area contributed by atoms with Gasteiger partial charge in [0.25, 0.3) is 11.8 Å². The third kappa shape index (κ3) is 5.88. The van der Waals surface area contributed by atoms with Crippen molar-refractivity contribution in [3.05, 3.63) is 59.4 Å². The summed E-state index contributed by atoms with van der Waals surface area (Å²) in [4.78, 5) is 28.6. The van der Waals surface area contributed by atoms with Crippen LogP contribution < -0.4 is 15.4 Å². The van der Waals surface area contributed by atoms with Crippen LogP contribution in [0.4, 0.5) is 0 Å². The summed E-state index contributed by atoms with van der Waals surface area (Å²) < 4.78 is 5.12. The molecule has 1 aromatic heterocycles. The number of rotatable bonds is 6. The zero-order valence-corrected chi connectivity index (χ0v) is 15.6. The molecule has 0 saturated carbocycles. The Morgan fingerprint density at radius 2 is 1.62 bits per heavy atom. The summed E-state index contributed by atoms with van der Waals surface area (Å²) in [6.07, 6.45) is 0.694. The molecule has 26 heavy (non-hydrogen) atoms. The standard InChI is InChI=1S/C20H25N3O3/c1-20(2,3)23-19(25)17-7-5-6-16(22-17)18(24)21-13-12-14-8-10-15(26-4)11-9-14/h5-11H,12-13H2,1-4H3,(H,21,24)(H,23,25). The fourth-order valence-electron chi connectivity index (χ4n) is 2.30. The number of ether oxygens (including phenoxy) is 1. The number of carbonyl (C=O) groups excluding carboxylic acids is 2. The summed E-state index contributed by atoms with van der Waals surface area (Å²) >= 11 is 0. The minimum atomic E-state index is -0.366. The van der Waals surface area contributed by atoms with Crippen LogP contribution in [0.1, 0.15) is 47.3 Å². The van der Waals surface area contributed by atoms with Crippen molar-refractivity contribution in [2.45, 2.75) is 32.7 Å². The van der Waals surface area contributed by atoms with E-state index in [-0.39, 0.29) is 28.7 Å². The Morgan fingerprint density at radius 3 is 2.19 bits per heavy atom. The van der Waals surface area contributed by atoms with Crippen LogP contribution in [0, 0.1) is 0 Å². The molecule has 0 aliphatic heterocycles. The Morgan fingerprint density at radius 1 is 1.00 bits per heavy atom. The number of methoxy groups -OCH3 is 1. The van der Waals surface area contributed by atoms with Crippen LogP contribution in [0.5, 0.6) is 5.75 Å². The van der Waals surface area contributed by atoms with Crippen LogP contribution in [0.25, 0.3) is 0 Å². The van der Waals surface area contributed by atoms with Gasteiger partial charge in [-0.05, 0) is 57.0 Å². The number of nitrogens with one attached hydrogen (secondary N) is 2. The summed E-state index contributed by atoms with van der Waals surface area (Å²) in [7, 11) is 1.62. The van der Waals surface area contributed by atoms with Crippen molar-refractivity contribution in [1.82, 2.24) is 15.6 Å². The van der Waals surface area contributed by atoms with Gasteiger partial charge in [0, 0.05) is 12.1 Å². The monoisotopic (exact) mass is 355 g/mol. The number of hydrogen-bond acceptors (Lipinski definition) is 4. The van der Waals surface area contributed by atoms with Crippen LogP contribution in [-0.4, -0.2) is 36.0 Å². The number of carbonyl (C=O) groups is 2. The lowest BCUT2D eigenvalue weighted by molar-refractivity contribution is 0.0914. The van der Waals surface area contributed by atoms with Gasteiger partial charge in [-0.2, -0.15) is 0 Å². The van der Waals surface area contributed by atoms with E-state index in [4.69, 9.17) is 4.74 Å². The van der Waals surface area contributed by atoms with Crippen molar-refractivity contribution in [3.8, 4) is 5.75 Å². The molecule has 2 N–H and O–H groups in total. The molecule has 0 radical (unpaired) electrons. The van der Waals surface area contributed by atoms with Gasteiger partial charge in [0.15, 0.2) is 0 Å². The molecule has 0 saturated heterocycles. The second kappa shape index (κ2) is 8.47. The molecule has 2 amide bonds. The maximum Gasteiger partial charge on any atom is 0.270 e. The number of pyridine rings is 1. The third-order valence-electron chi connectivity index (χ3n) is 3.56. The summed E-state index contributed by atoms with van der Waals surface area (Å²) in [6, 6.07) is 12.5. The van der Waals surface area contributed by atoms with E-state index < -0.39 is 0 Å². The quantitative estimate of drug-likeness (QED) is 0.835. The van der Waals surface area contributed by atoms with E-state index in [1.54, 1.807) is 25.3 Å². The Kier molecular flexibility index (Phi) is 6.33. The smallest absolute Gasteiger partial charge is 0.270 e. The van der Waals surface area contributed by atoms with E-state index in [1.165, 1.54) is 0 Å². The van der Waals surface area contributed by atoms with Gasteiger partial charge in [-0.1, -0.05) is 18.2 Å². The molecule has 0 spiro atoms. The first-order chi connectivity index (χ1) is 12.3. The van der Waals surface area contributed by atoms with Gasteiger partial charge in [-0.15, -0.1) is 0 Å². The molecule has 0 aliphatic carbocycles. The number of hydrogen-bond donors (Lipinski definition) is 2. The lowest BCUT2D eigenvalue weighted by atomic mass is 10.1. The fourth-order valence-corrected chi connectivity index (χ4v) is 2.30. The van der Waals surface area contributed by atoms with Crippen molar-refractivity contribution in [2.24, 2.45) is 0 Å². The van der Waals surface area contributed by atoms with E-state index in [0.29, 0.717) is 13.0 Å². The Bertz CT molecular complexity index is 765. The van der Waals surface area contributed by atoms with Gasteiger partial charge in [-0.3, -0.25) is 9.59 Å². The SMILES string of the molecule is COc1ccc(CCNC(=O)c2cccc(C(=O)NC(C)(C)C)n2)cc1. The summed E-state index contributed by atoms with van der Waals surface area (Å²) in [5.74, 6) is 0.196. The fraction of sp³-hybridized carbons (Fsp3) is 0.350. The lowest BCUT2D eigenvalue weighted by Gasteiger charge is -2.20. The van der Waals surface area contributed by atoms with Crippen LogP contribution in [0.3, 0.4) is 0 Å². The predicted octanol–water partition coefficient (Wildman–Crippen LogP) is 2.59. The maximum atomic E-state index is 12.3. The van der Waals surface area contributed by atoms with Crippen LogP contribution in [0.2, 0.25) is 0 Å². The second-order valence-electron chi connectivity index (χ2n) is 6.97. The molecule has 0 atom stereocenters. The molecule has 2 aromatic rings. The minimum Gasteiger partial charge on any atom is -0.497 e. The number of nitrogens with zero attached hydrogens (tertiary/aromatic N) is 1. The van der Waals surface area contributed by atoms with Crippen LogP contribution in [-0.2, 0) is 6.42 Å². The van der Waals surface area contributed by atoms with Crippen molar-refractivity contribution in [1.29, 1.82) is 0 Å². The number of amides is 2. The van der Waals surface area contributed by atoms with Crippen LogP contribution >= 0.6 is 0 Å². The topological polar surface area (TPSA) is 80.3 Å². The Balaban J connectivity index is 1.92. The molecule has 0 aliphatic rings. The van der Waals surface area contributed by atoms with Gasteiger partial charge in [0.2, 0.25) is 0 Å². The van der Waals surface area contributed by atoms with Crippen molar-refractivity contribution < 1.29 is 14.3 Å². The average Bonchev–Trinajstić information content (AvgIpc) is 2.61. The summed E-state index contributed by atoms with van der Waals surface area (Å²) in [5.41, 5.74) is 1.18. The molecule has 6 nitrogen and oxygen atoms in total. The molecule has 0 unspecified atom stereocenters. The molecular weight excluding hydrogens is 330 g/mol. The van der Waals surface area contributed by atoms with Gasteiger partial charge in [0.05, 0.1) is 7.11 Å². The molecule has 138 valence electrons. The van der Waals surface area contributed by atoms with Crippen LogP contribution in [0.15, 0.2) is 42.5 Å². The highest BCUT2D eigenvalue weighted by atomic mass is 16.5. The van der Waals surface area contributed by atoms with Crippen molar-refractivity contribution in [3.63, 3.8) is 0 Å². The van der Waals surface area contributed by atoms with Gasteiger partial charge in [0.1, 0.15) is 17.1 Å².